The number of hydrogen-bond donors (Lipinski definition) is 2. The lowest BCUT2D eigenvalue weighted by atomic mass is 9.98. The maximum Gasteiger partial charge on any atom is 0.336 e. The third kappa shape index (κ3) is 3.33. The topological polar surface area (TPSA) is 83.5 Å². The van der Waals surface area contributed by atoms with E-state index in [0.29, 0.717) is 11.3 Å². The minimum Gasteiger partial charge on any atom is -0.478 e. The highest BCUT2D eigenvalue weighted by Crippen LogP contribution is 2.18. The molecule has 0 bridgehead atoms. The van der Waals surface area contributed by atoms with Crippen LogP contribution in [0, 0.1) is 0 Å². The van der Waals surface area contributed by atoms with Crippen molar-refractivity contribution >= 4 is 23.3 Å². The van der Waals surface area contributed by atoms with Gasteiger partial charge in [-0.15, -0.1) is 0 Å². The van der Waals surface area contributed by atoms with Crippen LogP contribution in [-0.2, 0) is 4.79 Å². The summed E-state index contributed by atoms with van der Waals surface area (Å²) in [6, 6.07) is 12.4. The molecule has 0 aliphatic rings. The molecular weight excluding hydrogens is 270 g/mol. The summed E-state index contributed by atoms with van der Waals surface area (Å²) in [4.78, 5) is 34.6. The maximum absolute atomic E-state index is 12.4. The van der Waals surface area contributed by atoms with Crippen LogP contribution in [0.15, 0.2) is 48.5 Å². The second-order valence-electron chi connectivity index (χ2n) is 4.44. The number of aromatic carboxylic acids is 1. The largest absolute Gasteiger partial charge is 0.478 e. The van der Waals surface area contributed by atoms with E-state index in [4.69, 9.17) is 5.11 Å². The Morgan fingerprint density at radius 3 is 2.24 bits per heavy atom. The first kappa shape index (κ1) is 14.5. The minimum atomic E-state index is -1.16. The van der Waals surface area contributed by atoms with Gasteiger partial charge >= 0.3 is 5.97 Å². The third-order valence-electron chi connectivity index (χ3n) is 2.85. The summed E-state index contributed by atoms with van der Waals surface area (Å²) in [5.74, 6) is -1.80. The van der Waals surface area contributed by atoms with Crippen LogP contribution in [0.3, 0.4) is 0 Å². The van der Waals surface area contributed by atoms with Crippen molar-refractivity contribution in [2.24, 2.45) is 0 Å². The second-order valence-corrected chi connectivity index (χ2v) is 4.44. The molecule has 0 aliphatic carbocycles. The first-order valence-corrected chi connectivity index (χ1v) is 6.23. The van der Waals surface area contributed by atoms with Crippen LogP contribution in [0.25, 0.3) is 0 Å². The summed E-state index contributed by atoms with van der Waals surface area (Å²) < 4.78 is 0. The van der Waals surface area contributed by atoms with E-state index in [-0.39, 0.29) is 17.0 Å². The van der Waals surface area contributed by atoms with Crippen molar-refractivity contribution < 1.29 is 19.5 Å². The van der Waals surface area contributed by atoms with Gasteiger partial charge in [0.1, 0.15) is 0 Å². The van der Waals surface area contributed by atoms with E-state index in [9.17, 15) is 14.4 Å². The summed E-state index contributed by atoms with van der Waals surface area (Å²) in [7, 11) is 0. The molecular formula is C16H13NO4. The van der Waals surface area contributed by atoms with Crippen molar-refractivity contribution in [1.29, 1.82) is 0 Å². The molecule has 2 aromatic rings. The summed E-state index contributed by atoms with van der Waals surface area (Å²) in [5, 5.41) is 11.7. The number of ketones is 1. The van der Waals surface area contributed by atoms with E-state index >= 15 is 0 Å². The number of rotatable bonds is 4. The van der Waals surface area contributed by atoms with E-state index in [0.717, 1.165) is 0 Å². The number of anilines is 1. The fourth-order valence-corrected chi connectivity index (χ4v) is 1.96. The van der Waals surface area contributed by atoms with Crippen molar-refractivity contribution in [3.05, 3.63) is 65.2 Å². The lowest BCUT2D eigenvalue weighted by Gasteiger charge is -2.07. The van der Waals surface area contributed by atoms with Crippen LogP contribution in [0.1, 0.15) is 33.2 Å². The zero-order valence-corrected chi connectivity index (χ0v) is 11.3. The summed E-state index contributed by atoms with van der Waals surface area (Å²) in [6.07, 6.45) is 0. The number of amides is 1. The molecule has 0 radical (unpaired) electrons. The van der Waals surface area contributed by atoms with Crippen LogP contribution < -0.4 is 5.32 Å². The lowest BCUT2D eigenvalue weighted by molar-refractivity contribution is -0.114. The predicted octanol–water partition coefficient (Wildman–Crippen LogP) is 2.57. The van der Waals surface area contributed by atoms with E-state index in [2.05, 4.69) is 5.32 Å². The van der Waals surface area contributed by atoms with Crippen molar-refractivity contribution in [1.82, 2.24) is 0 Å². The number of carboxylic acid groups (broad SMARTS) is 1. The molecule has 0 fully saturated rings. The Kier molecular flexibility index (Phi) is 4.13. The number of hydrogen-bond acceptors (Lipinski definition) is 3. The molecule has 0 aliphatic heterocycles. The smallest absolute Gasteiger partial charge is 0.336 e. The van der Waals surface area contributed by atoms with E-state index in [1.165, 1.54) is 25.1 Å². The summed E-state index contributed by atoms with van der Waals surface area (Å²) >= 11 is 0. The van der Waals surface area contributed by atoms with Crippen LogP contribution in [0.4, 0.5) is 5.69 Å². The predicted molar refractivity (Wildman–Crippen MR) is 77.6 cm³/mol. The maximum atomic E-state index is 12.4. The van der Waals surface area contributed by atoms with Gasteiger partial charge in [-0.05, 0) is 18.2 Å². The van der Waals surface area contributed by atoms with Gasteiger partial charge in [0, 0.05) is 23.7 Å². The van der Waals surface area contributed by atoms with Crippen molar-refractivity contribution in [2.75, 3.05) is 5.32 Å². The van der Waals surface area contributed by atoms with E-state index < -0.39 is 11.8 Å². The highest BCUT2D eigenvalue weighted by Gasteiger charge is 2.17. The van der Waals surface area contributed by atoms with Gasteiger partial charge < -0.3 is 10.4 Å². The standard InChI is InChI=1S/C16H13NO4/c1-10(18)17-12-6-4-5-11(9-12)15(19)13-7-2-3-8-14(13)16(20)21/h2-9H,1H3,(H,17,18)(H,20,21). The van der Waals surface area contributed by atoms with Gasteiger partial charge in [0.25, 0.3) is 0 Å². The molecule has 0 unspecified atom stereocenters. The molecule has 106 valence electrons. The molecule has 0 atom stereocenters. The Hall–Kier alpha value is -2.95. The lowest BCUT2D eigenvalue weighted by Crippen LogP contribution is -2.11. The number of carbonyl (C=O) groups excluding carboxylic acids is 2. The highest BCUT2D eigenvalue weighted by molar-refractivity contribution is 6.14. The molecule has 5 heteroatoms. The Morgan fingerprint density at radius 2 is 1.62 bits per heavy atom. The van der Waals surface area contributed by atoms with Crippen molar-refractivity contribution in [3.8, 4) is 0 Å². The molecule has 21 heavy (non-hydrogen) atoms. The Bertz CT molecular complexity index is 722. The molecule has 2 aromatic carbocycles. The van der Waals surface area contributed by atoms with Gasteiger partial charge in [-0.25, -0.2) is 4.79 Å². The van der Waals surface area contributed by atoms with Gasteiger partial charge in [-0.2, -0.15) is 0 Å². The Labute approximate surface area is 121 Å². The van der Waals surface area contributed by atoms with Crippen LogP contribution >= 0.6 is 0 Å². The van der Waals surface area contributed by atoms with E-state index in [1.54, 1.807) is 30.3 Å². The minimum absolute atomic E-state index is 0.0487. The van der Waals surface area contributed by atoms with Crippen molar-refractivity contribution in [3.63, 3.8) is 0 Å². The zero-order valence-electron chi connectivity index (χ0n) is 11.3. The van der Waals surface area contributed by atoms with Gasteiger partial charge in [0.05, 0.1) is 5.56 Å². The fraction of sp³-hybridized carbons (Fsp3) is 0.0625. The van der Waals surface area contributed by atoms with Gasteiger partial charge in [-0.1, -0.05) is 30.3 Å². The Balaban J connectivity index is 2.41. The van der Waals surface area contributed by atoms with Crippen LogP contribution in [0.2, 0.25) is 0 Å². The number of carbonyl (C=O) groups is 3. The van der Waals surface area contributed by atoms with Gasteiger partial charge in [0.2, 0.25) is 5.91 Å². The third-order valence-corrected chi connectivity index (χ3v) is 2.85. The normalized spacial score (nSPS) is 9.95. The van der Waals surface area contributed by atoms with Gasteiger partial charge in [0.15, 0.2) is 5.78 Å². The highest BCUT2D eigenvalue weighted by atomic mass is 16.4. The molecule has 2 N–H and O–H groups in total. The van der Waals surface area contributed by atoms with Crippen molar-refractivity contribution in [2.45, 2.75) is 6.92 Å². The average Bonchev–Trinajstić information content (AvgIpc) is 2.46. The summed E-state index contributed by atoms with van der Waals surface area (Å²) in [5.41, 5.74) is 0.869. The second kappa shape index (κ2) is 6.00. The monoisotopic (exact) mass is 283 g/mol. The van der Waals surface area contributed by atoms with Crippen LogP contribution in [0.5, 0.6) is 0 Å². The first-order valence-electron chi connectivity index (χ1n) is 6.23. The molecule has 0 spiro atoms. The number of nitrogens with one attached hydrogen (secondary N) is 1. The fourth-order valence-electron chi connectivity index (χ4n) is 1.96. The molecule has 5 nitrogen and oxygen atoms in total. The molecule has 2 rings (SSSR count). The zero-order chi connectivity index (χ0) is 15.4. The number of benzene rings is 2. The molecule has 0 heterocycles. The van der Waals surface area contributed by atoms with E-state index in [1.807, 2.05) is 0 Å². The molecule has 0 saturated heterocycles. The molecule has 1 amide bonds. The molecule has 0 aromatic heterocycles. The first-order chi connectivity index (χ1) is 9.99. The average molecular weight is 283 g/mol. The quantitative estimate of drug-likeness (QED) is 0.845. The molecule has 0 saturated carbocycles. The van der Waals surface area contributed by atoms with Crippen LogP contribution in [-0.4, -0.2) is 22.8 Å². The Morgan fingerprint density at radius 1 is 0.952 bits per heavy atom. The summed E-state index contributed by atoms with van der Waals surface area (Å²) in [6.45, 7) is 1.37. The van der Waals surface area contributed by atoms with Gasteiger partial charge in [-0.3, -0.25) is 9.59 Å². The SMILES string of the molecule is CC(=O)Nc1cccc(C(=O)c2ccccc2C(=O)O)c1. The number of carboxylic acids is 1.